The maximum Gasteiger partial charge on any atom is 0.410 e. The third-order valence-electron chi connectivity index (χ3n) is 4.27. The molecule has 1 atom stereocenters. The number of nitrogens with zero attached hydrogens (tertiary/aromatic N) is 2. The van der Waals surface area contributed by atoms with Crippen molar-refractivity contribution in [3.63, 3.8) is 0 Å². The minimum atomic E-state index is -0.862. The number of hydrogen-bond acceptors (Lipinski definition) is 5. The van der Waals surface area contributed by atoms with Crippen molar-refractivity contribution in [1.82, 2.24) is 9.80 Å². The molecule has 0 aromatic heterocycles. The zero-order valence-corrected chi connectivity index (χ0v) is 12.8. The van der Waals surface area contributed by atoms with Crippen LogP contribution in [0.5, 0.6) is 0 Å². The van der Waals surface area contributed by atoms with Gasteiger partial charge in [-0.15, -0.1) is 0 Å². The average molecular weight is 320 g/mol. The zero-order valence-electron chi connectivity index (χ0n) is 12.8. The van der Waals surface area contributed by atoms with Crippen molar-refractivity contribution in [2.75, 3.05) is 39.5 Å². The highest BCUT2D eigenvalue weighted by Crippen LogP contribution is 2.26. The average Bonchev–Trinajstić information content (AvgIpc) is 2.60. The molecule has 1 unspecified atom stereocenters. The van der Waals surface area contributed by atoms with Crippen LogP contribution in [0.2, 0.25) is 0 Å². The van der Waals surface area contributed by atoms with Gasteiger partial charge in [-0.2, -0.15) is 0 Å². The number of piperazine rings is 1. The van der Waals surface area contributed by atoms with Crippen molar-refractivity contribution >= 4 is 12.0 Å². The smallest absolute Gasteiger partial charge is 0.410 e. The molecule has 0 saturated carbocycles. The van der Waals surface area contributed by atoms with E-state index >= 15 is 0 Å². The van der Waals surface area contributed by atoms with E-state index < -0.39 is 11.6 Å². The second-order valence-electron chi connectivity index (χ2n) is 5.88. The van der Waals surface area contributed by atoms with Gasteiger partial charge in [0.2, 0.25) is 5.91 Å². The maximum atomic E-state index is 12.3. The minimum Gasteiger partial charge on any atom is -0.445 e. The van der Waals surface area contributed by atoms with Crippen LogP contribution >= 0.6 is 0 Å². The van der Waals surface area contributed by atoms with Gasteiger partial charge in [-0.25, -0.2) is 4.79 Å². The molecule has 23 heavy (non-hydrogen) atoms. The summed E-state index contributed by atoms with van der Waals surface area (Å²) in [5.74, 6) is -0.190. The van der Waals surface area contributed by atoms with E-state index in [1.165, 1.54) is 4.90 Å². The Kier molecular flexibility index (Phi) is 4.49. The monoisotopic (exact) mass is 320 g/mol. The van der Waals surface area contributed by atoms with E-state index in [1.807, 2.05) is 30.3 Å². The second-order valence-corrected chi connectivity index (χ2v) is 5.88. The molecule has 1 aromatic carbocycles. The summed E-state index contributed by atoms with van der Waals surface area (Å²) in [4.78, 5) is 27.5. The number of carbonyl (C=O) groups is 2. The molecule has 2 aliphatic rings. The number of hydrogen-bond donors (Lipinski definition) is 1. The Labute approximate surface area is 134 Å². The lowest BCUT2D eigenvalue weighted by Gasteiger charge is -2.51. The Morgan fingerprint density at radius 1 is 1.35 bits per heavy atom. The molecular formula is C16H20N2O5. The van der Waals surface area contributed by atoms with E-state index in [-0.39, 0.29) is 38.8 Å². The molecule has 7 heteroatoms. The molecule has 2 aliphatic heterocycles. The molecule has 1 aromatic rings. The molecule has 2 heterocycles. The first-order valence-electron chi connectivity index (χ1n) is 7.59. The summed E-state index contributed by atoms with van der Waals surface area (Å²) in [6, 6.07) is 9.34. The van der Waals surface area contributed by atoms with Crippen molar-refractivity contribution in [3.05, 3.63) is 35.9 Å². The van der Waals surface area contributed by atoms with Crippen LogP contribution in [0.25, 0.3) is 0 Å². The van der Waals surface area contributed by atoms with Crippen LogP contribution in [0.4, 0.5) is 4.79 Å². The number of aliphatic hydroxyl groups excluding tert-OH is 1. The van der Waals surface area contributed by atoms with Gasteiger partial charge in [-0.05, 0) is 5.56 Å². The third-order valence-corrected chi connectivity index (χ3v) is 4.27. The Morgan fingerprint density at radius 2 is 2.13 bits per heavy atom. The second kappa shape index (κ2) is 6.55. The summed E-state index contributed by atoms with van der Waals surface area (Å²) >= 11 is 0. The molecule has 2 saturated heterocycles. The van der Waals surface area contributed by atoms with Crippen molar-refractivity contribution in [2.45, 2.75) is 12.1 Å². The molecule has 0 bridgehead atoms. The van der Waals surface area contributed by atoms with E-state index in [2.05, 4.69) is 0 Å². The fraction of sp³-hybridized carbons (Fsp3) is 0.500. The Bertz CT molecular complexity index is 579. The highest BCUT2D eigenvalue weighted by Gasteiger charge is 2.48. The Morgan fingerprint density at radius 3 is 2.87 bits per heavy atom. The van der Waals surface area contributed by atoms with Gasteiger partial charge in [0.1, 0.15) is 18.7 Å². The minimum absolute atomic E-state index is 0.0324. The Hall–Kier alpha value is -2.12. The number of fused-ring (bicyclic) bond motifs is 1. The van der Waals surface area contributed by atoms with Crippen LogP contribution in [0, 0.1) is 0 Å². The predicted molar refractivity (Wildman–Crippen MR) is 80.5 cm³/mol. The number of morpholine rings is 1. The quantitative estimate of drug-likeness (QED) is 0.862. The van der Waals surface area contributed by atoms with Crippen molar-refractivity contribution in [1.29, 1.82) is 0 Å². The van der Waals surface area contributed by atoms with Gasteiger partial charge in [0.15, 0.2) is 0 Å². The van der Waals surface area contributed by atoms with Crippen LogP contribution in [0.3, 0.4) is 0 Å². The lowest BCUT2D eigenvalue weighted by molar-refractivity contribution is -0.166. The lowest BCUT2D eigenvalue weighted by atomic mass is 9.94. The van der Waals surface area contributed by atoms with Crippen LogP contribution in [-0.4, -0.2) is 71.9 Å². The van der Waals surface area contributed by atoms with Crippen molar-refractivity contribution in [3.8, 4) is 0 Å². The number of aliphatic hydroxyl groups is 1. The molecule has 0 spiro atoms. The van der Waals surface area contributed by atoms with Gasteiger partial charge >= 0.3 is 6.09 Å². The maximum absolute atomic E-state index is 12.3. The number of amides is 2. The van der Waals surface area contributed by atoms with Gasteiger partial charge in [0.25, 0.3) is 0 Å². The normalized spacial score (nSPS) is 24.3. The van der Waals surface area contributed by atoms with Gasteiger partial charge in [-0.3, -0.25) is 9.69 Å². The summed E-state index contributed by atoms with van der Waals surface area (Å²) in [6.45, 7) is 1.19. The summed E-state index contributed by atoms with van der Waals surface area (Å²) < 4.78 is 10.7. The van der Waals surface area contributed by atoms with Crippen molar-refractivity contribution < 1.29 is 24.2 Å². The van der Waals surface area contributed by atoms with E-state index in [4.69, 9.17) is 9.47 Å². The number of rotatable bonds is 3. The first-order valence-corrected chi connectivity index (χ1v) is 7.59. The number of benzene rings is 1. The van der Waals surface area contributed by atoms with Crippen LogP contribution < -0.4 is 0 Å². The molecule has 7 nitrogen and oxygen atoms in total. The molecule has 0 aliphatic carbocycles. The van der Waals surface area contributed by atoms with Crippen molar-refractivity contribution in [2.24, 2.45) is 0 Å². The molecule has 1 N–H and O–H groups in total. The fourth-order valence-electron chi connectivity index (χ4n) is 3.03. The first kappa shape index (κ1) is 15.8. The van der Waals surface area contributed by atoms with Gasteiger partial charge in [0, 0.05) is 6.54 Å². The standard InChI is InChI=1S/C16H20N2O5/c19-11-16-10-17(8-14(20)18(16)6-7-22-12-16)15(21)23-9-13-4-2-1-3-5-13/h1-5,19H,6-12H2. The molecule has 124 valence electrons. The highest BCUT2D eigenvalue weighted by atomic mass is 16.6. The molecule has 0 radical (unpaired) electrons. The zero-order chi connectivity index (χ0) is 16.3. The molecule has 2 amide bonds. The number of ether oxygens (including phenoxy) is 2. The SMILES string of the molecule is O=C(OCc1ccccc1)N1CC(=O)N2CCOCC2(CO)C1. The van der Waals surface area contributed by atoms with E-state index in [9.17, 15) is 14.7 Å². The summed E-state index contributed by atoms with van der Waals surface area (Å²) in [6.07, 6.45) is -0.555. The fourth-order valence-corrected chi connectivity index (χ4v) is 3.03. The van der Waals surface area contributed by atoms with Gasteiger partial charge in [-0.1, -0.05) is 30.3 Å². The summed E-state index contributed by atoms with van der Waals surface area (Å²) in [7, 11) is 0. The van der Waals surface area contributed by atoms with Crippen LogP contribution in [0.15, 0.2) is 30.3 Å². The van der Waals surface area contributed by atoms with E-state index in [0.717, 1.165) is 5.56 Å². The van der Waals surface area contributed by atoms with Gasteiger partial charge in [0.05, 0.1) is 26.4 Å². The number of carbonyl (C=O) groups excluding carboxylic acids is 2. The molecule has 2 fully saturated rings. The third kappa shape index (κ3) is 3.16. The highest BCUT2D eigenvalue weighted by molar-refractivity contribution is 5.84. The van der Waals surface area contributed by atoms with Gasteiger partial charge < -0.3 is 19.5 Å². The van der Waals surface area contributed by atoms with E-state index in [1.54, 1.807) is 4.90 Å². The first-order chi connectivity index (χ1) is 11.1. The predicted octanol–water partition coefficient (Wildman–Crippen LogP) is 0.229. The molecule has 3 rings (SSSR count). The lowest BCUT2D eigenvalue weighted by Crippen LogP contribution is -2.71. The van der Waals surface area contributed by atoms with Crippen LogP contribution in [-0.2, 0) is 20.9 Å². The largest absolute Gasteiger partial charge is 0.445 e. The summed E-state index contributed by atoms with van der Waals surface area (Å²) in [5.41, 5.74) is 0.0167. The van der Waals surface area contributed by atoms with E-state index in [0.29, 0.717) is 13.2 Å². The van der Waals surface area contributed by atoms with Crippen LogP contribution in [0.1, 0.15) is 5.56 Å². The topological polar surface area (TPSA) is 79.3 Å². The molecular weight excluding hydrogens is 300 g/mol. The Balaban J connectivity index is 1.66. The summed E-state index contributed by atoms with van der Waals surface area (Å²) in [5, 5.41) is 9.75.